The molecule has 1 aromatic carbocycles. The van der Waals surface area contributed by atoms with E-state index in [4.69, 9.17) is 0 Å². The SMILES string of the molecule is CN=C(NCC1(N(C)C)CCSC1)NC1CCc2ccccc2C1.I. The molecule has 1 saturated heterocycles. The van der Waals surface area contributed by atoms with Gasteiger partial charge in [0.05, 0.1) is 0 Å². The molecule has 2 aliphatic rings. The standard InChI is InChI=1S/C19H30N4S.HI/c1-20-18(21-13-19(23(2)3)10-11-24-14-19)22-17-9-8-15-6-4-5-7-16(15)12-17;/h4-7,17H,8-14H2,1-3H3,(H2,20,21,22);1H. The van der Waals surface area contributed by atoms with Gasteiger partial charge >= 0.3 is 0 Å². The molecule has 0 spiro atoms. The van der Waals surface area contributed by atoms with Gasteiger partial charge in [-0.1, -0.05) is 24.3 Å². The fraction of sp³-hybridized carbons (Fsp3) is 0.632. The number of halogens is 1. The predicted molar refractivity (Wildman–Crippen MR) is 121 cm³/mol. The molecule has 3 rings (SSSR count). The molecule has 2 atom stereocenters. The number of aliphatic imine (C=N–C) groups is 1. The van der Waals surface area contributed by atoms with Crippen molar-refractivity contribution in [2.75, 3.05) is 39.2 Å². The van der Waals surface area contributed by atoms with Gasteiger partial charge in [-0.2, -0.15) is 11.8 Å². The van der Waals surface area contributed by atoms with E-state index in [1.54, 1.807) is 0 Å². The smallest absolute Gasteiger partial charge is 0.191 e. The monoisotopic (exact) mass is 474 g/mol. The van der Waals surface area contributed by atoms with Crippen molar-refractivity contribution in [2.45, 2.75) is 37.3 Å². The van der Waals surface area contributed by atoms with Crippen molar-refractivity contribution in [3.05, 3.63) is 35.4 Å². The summed E-state index contributed by atoms with van der Waals surface area (Å²) in [4.78, 5) is 6.84. The van der Waals surface area contributed by atoms with Crippen LogP contribution in [0.15, 0.2) is 29.3 Å². The van der Waals surface area contributed by atoms with Crippen LogP contribution >= 0.6 is 35.7 Å². The van der Waals surface area contributed by atoms with E-state index in [1.807, 2.05) is 7.05 Å². The number of aryl methyl sites for hydroxylation is 1. The zero-order valence-corrected chi connectivity index (χ0v) is 18.7. The van der Waals surface area contributed by atoms with Gasteiger partial charge in [-0.3, -0.25) is 4.99 Å². The quantitative estimate of drug-likeness (QED) is 0.400. The van der Waals surface area contributed by atoms with Gasteiger partial charge in [0, 0.05) is 30.9 Å². The fourth-order valence-corrected chi connectivity index (χ4v) is 5.26. The number of likely N-dealkylation sites (N-methyl/N-ethyl adjacent to an activating group) is 1. The Morgan fingerprint density at radius 1 is 1.32 bits per heavy atom. The third-order valence-corrected chi connectivity index (χ3v) is 6.76. The molecule has 1 fully saturated rings. The van der Waals surface area contributed by atoms with Gasteiger partial charge in [-0.25, -0.2) is 0 Å². The number of nitrogens with one attached hydrogen (secondary N) is 2. The molecular formula is C19H31IN4S. The molecule has 0 radical (unpaired) electrons. The number of hydrogen-bond donors (Lipinski definition) is 2. The van der Waals surface area contributed by atoms with Crippen molar-refractivity contribution in [2.24, 2.45) is 4.99 Å². The summed E-state index contributed by atoms with van der Waals surface area (Å²) < 4.78 is 0. The van der Waals surface area contributed by atoms with Crippen LogP contribution in [0.3, 0.4) is 0 Å². The minimum Gasteiger partial charge on any atom is -0.355 e. The van der Waals surface area contributed by atoms with E-state index >= 15 is 0 Å². The molecule has 0 saturated carbocycles. The number of thioether (sulfide) groups is 1. The van der Waals surface area contributed by atoms with Crippen LogP contribution in [0.25, 0.3) is 0 Å². The molecule has 1 heterocycles. The van der Waals surface area contributed by atoms with E-state index in [1.165, 1.54) is 35.5 Å². The van der Waals surface area contributed by atoms with Gasteiger partial charge in [0.25, 0.3) is 0 Å². The topological polar surface area (TPSA) is 39.7 Å². The lowest BCUT2D eigenvalue weighted by Gasteiger charge is -2.36. The first-order valence-electron chi connectivity index (χ1n) is 8.92. The Morgan fingerprint density at radius 3 is 2.72 bits per heavy atom. The predicted octanol–water partition coefficient (Wildman–Crippen LogP) is 2.76. The second kappa shape index (κ2) is 9.46. The Bertz CT molecular complexity index is 585. The average molecular weight is 474 g/mol. The van der Waals surface area contributed by atoms with E-state index < -0.39 is 0 Å². The van der Waals surface area contributed by atoms with Crippen molar-refractivity contribution in [3.63, 3.8) is 0 Å². The summed E-state index contributed by atoms with van der Waals surface area (Å²) in [7, 11) is 6.27. The van der Waals surface area contributed by atoms with Crippen LogP contribution in [0, 0.1) is 0 Å². The lowest BCUT2D eigenvalue weighted by atomic mass is 9.88. The number of fused-ring (bicyclic) bond motifs is 1. The van der Waals surface area contributed by atoms with E-state index in [9.17, 15) is 0 Å². The average Bonchev–Trinajstić information content (AvgIpc) is 3.09. The Balaban J connectivity index is 0.00000225. The summed E-state index contributed by atoms with van der Waals surface area (Å²) in [6.07, 6.45) is 4.66. The van der Waals surface area contributed by atoms with E-state index in [-0.39, 0.29) is 29.5 Å². The van der Waals surface area contributed by atoms with E-state index in [0.717, 1.165) is 25.3 Å². The first-order chi connectivity index (χ1) is 11.6. The third kappa shape index (κ3) is 5.04. The minimum absolute atomic E-state index is 0. The second-order valence-corrected chi connectivity index (χ2v) is 8.31. The van der Waals surface area contributed by atoms with Gasteiger partial charge in [0.1, 0.15) is 0 Å². The molecule has 6 heteroatoms. The number of guanidine groups is 1. The summed E-state index contributed by atoms with van der Waals surface area (Å²) in [5.74, 6) is 3.39. The Hall–Kier alpha value is -0.470. The van der Waals surface area contributed by atoms with Crippen LogP contribution in [0.4, 0.5) is 0 Å². The zero-order valence-electron chi connectivity index (χ0n) is 15.5. The second-order valence-electron chi connectivity index (χ2n) is 7.20. The van der Waals surface area contributed by atoms with Crippen LogP contribution < -0.4 is 10.6 Å². The van der Waals surface area contributed by atoms with Gasteiger partial charge in [0.2, 0.25) is 0 Å². The molecule has 4 nitrogen and oxygen atoms in total. The van der Waals surface area contributed by atoms with Crippen molar-refractivity contribution < 1.29 is 0 Å². The van der Waals surface area contributed by atoms with Crippen molar-refractivity contribution in [3.8, 4) is 0 Å². The molecule has 1 aliphatic heterocycles. The molecule has 1 aliphatic carbocycles. The summed E-state index contributed by atoms with van der Waals surface area (Å²) in [5, 5.41) is 7.23. The normalized spacial score (nSPS) is 26.1. The highest BCUT2D eigenvalue weighted by atomic mass is 127. The molecule has 2 N–H and O–H groups in total. The van der Waals surface area contributed by atoms with Crippen molar-refractivity contribution in [1.82, 2.24) is 15.5 Å². The summed E-state index contributed by atoms with van der Waals surface area (Å²) in [6, 6.07) is 9.28. The third-order valence-electron chi connectivity index (χ3n) is 5.53. The number of benzene rings is 1. The maximum atomic E-state index is 4.46. The summed E-state index contributed by atoms with van der Waals surface area (Å²) in [5.41, 5.74) is 3.24. The molecule has 0 bridgehead atoms. The lowest BCUT2D eigenvalue weighted by molar-refractivity contribution is 0.183. The van der Waals surface area contributed by atoms with Gasteiger partial charge in [-0.15, -0.1) is 24.0 Å². The van der Waals surface area contributed by atoms with Crippen LogP contribution in [0.2, 0.25) is 0 Å². The number of rotatable bonds is 4. The zero-order chi connectivity index (χ0) is 17.0. The first kappa shape index (κ1) is 20.8. The van der Waals surface area contributed by atoms with Crippen LogP contribution in [-0.4, -0.2) is 61.6 Å². The highest BCUT2D eigenvalue weighted by molar-refractivity contribution is 14.0. The van der Waals surface area contributed by atoms with Crippen LogP contribution in [0.5, 0.6) is 0 Å². The van der Waals surface area contributed by atoms with Crippen molar-refractivity contribution in [1.29, 1.82) is 0 Å². The van der Waals surface area contributed by atoms with Crippen molar-refractivity contribution >= 4 is 41.7 Å². The number of hydrogen-bond acceptors (Lipinski definition) is 3. The highest BCUT2D eigenvalue weighted by Crippen LogP contribution is 2.31. The van der Waals surface area contributed by atoms with E-state index in [0.29, 0.717) is 6.04 Å². The molecule has 0 amide bonds. The molecule has 25 heavy (non-hydrogen) atoms. The Labute approximate surface area is 173 Å². The molecule has 140 valence electrons. The van der Waals surface area contributed by atoms with Gasteiger partial charge < -0.3 is 15.5 Å². The summed E-state index contributed by atoms with van der Waals surface area (Å²) in [6.45, 7) is 0.954. The van der Waals surface area contributed by atoms with E-state index in [2.05, 4.69) is 70.6 Å². The van der Waals surface area contributed by atoms with Crippen LogP contribution in [-0.2, 0) is 12.8 Å². The van der Waals surface area contributed by atoms with Crippen LogP contribution in [0.1, 0.15) is 24.0 Å². The largest absolute Gasteiger partial charge is 0.355 e. The highest BCUT2D eigenvalue weighted by Gasteiger charge is 2.36. The first-order valence-corrected chi connectivity index (χ1v) is 10.1. The maximum Gasteiger partial charge on any atom is 0.191 e. The minimum atomic E-state index is 0. The molecule has 2 unspecified atom stereocenters. The Kier molecular flexibility index (Phi) is 7.89. The maximum absolute atomic E-state index is 4.46. The molecule has 0 aromatic heterocycles. The number of nitrogens with zero attached hydrogens (tertiary/aromatic N) is 2. The lowest BCUT2D eigenvalue weighted by Crippen LogP contribution is -2.56. The van der Waals surface area contributed by atoms with Gasteiger partial charge in [-0.05, 0) is 56.7 Å². The fourth-order valence-electron chi connectivity index (χ4n) is 3.70. The Morgan fingerprint density at radius 2 is 2.08 bits per heavy atom. The summed E-state index contributed by atoms with van der Waals surface area (Å²) >= 11 is 2.05. The van der Waals surface area contributed by atoms with Gasteiger partial charge in [0.15, 0.2) is 5.96 Å². The molecular weight excluding hydrogens is 443 g/mol. The molecule has 1 aromatic rings.